The Morgan fingerprint density at radius 3 is 2.43 bits per heavy atom. The molecule has 3 aromatic rings. The van der Waals surface area contributed by atoms with Gasteiger partial charge in [-0.25, -0.2) is 5.43 Å². The Morgan fingerprint density at radius 2 is 1.75 bits per heavy atom. The number of halogens is 1. The fraction of sp³-hybridized carbons (Fsp3) is 0.0952. The average molecular weight is 440 g/mol. The lowest BCUT2D eigenvalue weighted by Crippen LogP contribution is -2.19. The molecule has 0 fully saturated rings. The number of nitrogens with one attached hydrogen (secondary N) is 2. The Kier molecular flexibility index (Phi) is 6.06. The van der Waals surface area contributed by atoms with Crippen LogP contribution in [-0.4, -0.2) is 17.5 Å². The predicted molar refractivity (Wildman–Crippen MR) is 112 cm³/mol. The van der Waals surface area contributed by atoms with Crippen molar-refractivity contribution in [1.82, 2.24) is 5.43 Å². The molecule has 0 aliphatic carbocycles. The number of carbonyl (C=O) groups is 2. The molecule has 0 aliphatic rings. The lowest BCUT2D eigenvalue weighted by atomic mass is 10.1. The van der Waals surface area contributed by atoms with E-state index in [4.69, 9.17) is 4.42 Å². The summed E-state index contributed by atoms with van der Waals surface area (Å²) in [5.74, 6) is 0.00956. The van der Waals surface area contributed by atoms with Gasteiger partial charge in [-0.3, -0.25) is 9.59 Å². The highest BCUT2D eigenvalue weighted by atomic mass is 79.9. The first-order chi connectivity index (χ1) is 13.4. The van der Waals surface area contributed by atoms with Crippen molar-refractivity contribution in [3.05, 3.63) is 87.8 Å². The Bertz CT molecular complexity index is 1040. The number of nitrogens with zero attached hydrogens (tertiary/aromatic N) is 1. The number of aryl methyl sites for hydroxylation is 1. The summed E-state index contributed by atoms with van der Waals surface area (Å²) in [7, 11) is 0. The molecule has 0 unspecified atom stereocenters. The van der Waals surface area contributed by atoms with E-state index in [1.165, 1.54) is 6.26 Å². The van der Waals surface area contributed by atoms with Crippen molar-refractivity contribution in [2.45, 2.75) is 13.8 Å². The fourth-order valence-electron chi connectivity index (χ4n) is 2.51. The molecule has 1 aromatic heterocycles. The highest BCUT2D eigenvalue weighted by Crippen LogP contribution is 2.15. The number of hydrogen-bond acceptors (Lipinski definition) is 4. The predicted octanol–water partition coefficient (Wildman–Crippen LogP) is 4.76. The van der Waals surface area contributed by atoms with E-state index in [1.807, 2.05) is 12.1 Å². The maximum atomic E-state index is 12.3. The summed E-state index contributed by atoms with van der Waals surface area (Å²) in [5.41, 5.74) is 5.54. The first-order valence-corrected chi connectivity index (χ1v) is 9.29. The van der Waals surface area contributed by atoms with Crippen molar-refractivity contribution >= 4 is 39.1 Å². The number of furan rings is 1. The minimum Gasteiger partial charge on any atom is -0.469 e. The molecule has 0 saturated carbocycles. The summed E-state index contributed by atoms with van der Waals surface area (Å²) in [6, 6.07) is 15.8. The van der Waals surface area contributed by atoms with Crippen molar-refractivity contribution < 1.29 is 14.0 Å². The Balaban J connectivity index is 1.69. The van der Waals surface area contributed by atoms with E-state index >= 15 is 0 Å². The van der Waals surface area contributed by atoms with Gasteiger partial charge in [0.05, 0.1) is 17.5 Å². The molecule has 0 aliphatic heterocycles. The summed E-state index contributed by atoms with van der Waals surface area (Å²) in [6.45, 7) is 3.51. The second kappa shape index (κ2) is 8.67. The highest BCUT2D eigenvalue weighted by Gasteiger charge is 2.12. The van der Waals surface area contributed by atoms with Crippen LogP contribution in [-0.2, 0) is 0 Å². The van der Waals surface area contributed by atoms with Crippen molar-refractivity contribution in [2.75, 3.05) is 5.32 Å². The van der Waals surface area contributed by atoms with Gasteiger partial charge in [0.1, 0.15) is 5.76 Å². The third-order valence-electron chi connectivity index (χ3n) is 4.07. The van der Waals surface area contributed by atoms with Crippen LogP contribution in [0.2, 0.25) is 0 Å². The molecule has 2 aromatic carbocycles. The van der Waals surface area contributed by atoms with E-state index in [0.29, 0.717) is 28.3 Å². The monoisotopic (exact) mass is 439 g/mol. The van der Waals surface area contributed by atoms with Crippen molar-refractivity contribution in [1.29, 1.82) is 0 Å². The molecule has 6 nitrogen and oxygen atoms in total. The van der Waals surface area contributed by atoms with E-state index in [1.54, 1.807) is 56.3 Å². The number of amides is 2. The standard InChI is InChI=1S/C21H18BrN3O3/c1-13(24-25-20(26)15-6-8-17(22)9-7-15)16-4-3-5-18(12-16)23-21(27)19-10-11-28-14(19)2/h3-12H,1-2H3,(H,23,27)(H,25,26). The number of carbonyl (C=O) groups excluding carboxylic acids is 2. The topological polar surface area (TPSA) is 83.7 Å². The molecular weight excluding hydrogens is 422 g/mol. The normalized spacial score (nSPS) is 11.2. The van der Waals surface area contributed by atoms with Gasteiger partial charge < -0.3 is 9.73 Å². The van der Waals surface area contributed by atoms with E-state index < -0.39 is 0 Å². The van der Waals surface area contributed by atoms with Crippen LogP contribution in [0, 0.1) is 6.92 Å². The molecule has 0 spiro atoms. The smallest absolute Gasteiger partial charge is 0.271 e. The van der Waals surface area contributed by atoms with E-state index in [9.17, 15) is 9.59 Å². The Hall–Kier alpha value is -3.19. The van der Waals surface area contributed by atoms with Crippen LogP contribution in [0.1, 0.15) is 39.0 Å². The van der Waals surface area contributed by atoms with E-state index in [0.717, 1.165) is 10.0 Å². The molecule has 0 saturated heterocycles. The Labute approximate surface area is 170 Å². The number of anilines is 1. The van der Waals surface area contributed by atoms with Gasteiger partial charge in [0.15, 0.2) is 0 Å². The van der Waals surface area contributed by atoms with E-state index in [-0.39, 0.29) is 11.8 Å². The van der Waals surface area contributed by atoms with E-state index in [2.05, 4.69) is 31.8 Å². The van der Waals surface area contributed by atoms with Crippen LogP contribution in [0.15, 0.2) is 74.9 Å². The molecule has 2 amide bonds. The highest BCUT2D eigenvalue weighted by molar-refractivity contribution is 9.10. The molecule has 3 rings (SSSR count). The van der Waals surface area contributed by atoms with Gasteiger partial charge in [-0.15, -0.1) is 0 Å². The zero-order valence-corrected chi connectivity index (χ0v) is 16.9. The number of hydrazone groups is 1. The number of rotatable bonds is 5. The third kappa shape index (κ3) is 4.75. The first-order valence-electron chi connectivity index (χ1n) is 8.50. The largest absolute Gasteiger partial charge is 0.469 e. The second-order valence-electron chi connectivity index (χ2n) is 6.07. The van der Waals surface area contributed by atoms with Gasteiger partial charge in [0.2, 0.25) is 0 Å². The summed E-state index contributed by atoms with van der Waals surface area (Å²) in [5, 5.41) is 6.99. The maximum Gasteiger partial charge on any atom is 0.271 e. The van der Waals surface area contributed by atoms with Crippen LogP contribution in [0.5, 0.6) is 0 Å². The summed E-state index contributed by atoms with van der Waals surface area (Å²) in [4.78, 5) is 24.5. The molecular formula is C21H18BrN3O3. The second-order valence-corrected chi connectivity index (χ2v) is 6.99. The minimum absolute atomic E-state index is 0.249. The van der Waals surface area contributed by atoms with Crippen LogP contribution < -0.4 is 10.7 Å². The molecule has 7 heteroatoms. The van der Waals surface area contributed by atoms with Gasteiger partial charge in [-0.2, -0.15) is 5.10 Å². The molecule has 28 heavy (non-hydrogen) atoms. The maximum absolute atomic E-state index is 12.3. The molecule has 0 radical (unpaired) electrons. The van der Waals surface area contributed by atoms with Gasteiger partial charge >= 0.3 is 0 Å². The third-order valence-corrected chi connectivity index (χ3v) is 4.60. The van der Waals surface area contributed by atoms with Crippen LogP contribution in [0.4, 0.5) is 5.69 Å². The van der Waals surface area contributed by atoms with Crippen LogP contribution >= 0.6 is 15.9 Å². The van der Waals surface area contributed by atoms with Gasteiger partial charge in [-0.05, 0) is 61.9 Å². The van der Waals surface area contributed by atoms with Crippen LogP contribution in [0.3, 0.4) is 0 Å². The van der Waals surface area contributed by atoms with Gasteiger partial charge in [0, 0.05) is 15.7 Å². The minimum atomic E-state index is -0.299. The molecule has 1 heterocycles. The molecule has 0 atom stereocenters. The summed E-state index contributed by atoms with van der Waals surface area (Å²) >= 11 is 3.33. The average Bonchev–Trinajstić information content (AvgIpc) is 3.12. The first kappa shape index (κ1) is 19.6. The van der Waals surface area contributed by atoms with Gasteiger partial charge in [0.25, 0.3) is 11.8 Å². The lowest BCUT2D eigenvalue weighted by molar-refractivity contribution is 0.0954. The number of benzene rings is 2. The lowest BCUT2D eigenvalue weighted by Gasteiger charge is -2.07. The van der Waals surface area contributed by atoms with Crippen molar-refractivity contribution in [3.8, 4) is 0 Å². The summed E-state index contributed by atoms with van der Waals surface area (Å²) < 4.78 is 6.06. The zero-order chi connectivity index (χ0) is 20.1. The molecule has 142 valence electrons. The van der Waals surface area contributed by atoms with Crippen molar-refractivity contribution in [2.24, 2.45) is 5.10 Å². The quantitative estimate of drug-likeness (QED) is 0.444. The summed E-state index contributed by atoms with van der Waals surface area (Å²) in [6.07, 6.45) is 1.48. The van der Waals surface area contributed by atoms with Crippen molar-refractivity contribution in [3.63, 3.8) is 0 Å². The van der Waals surface area contributed by atoms with Gasteiger partial charge in [-0.1, -0.05) is 28.1 Å². The molecule has 2 N–H and O–H groups in total. The Morgan fingerprint density at radius 1 is 1.00 bits per heavy atom. The zero-order valence-electron chi connectivity index (χ0n) is 15.3. The number of hydrogen-bond donors (Lipinski definition) is 2. The SMILES string of the molecule is CC(=NNC(=O)c1ccc(Br)cc1)c1cccc(NC(=O)c2ccoc2C)c1. The van der Waals surface area contributed by atoms with Crippen LogP contribution in [0.25, 0.3) is 0 Å². The fourth-order valence-corrected chi connectivity index (χ4v) is 2.77. The molecule has 0 bridgehead atoms.